The van der Waals surface area contributed by atoms with E-state index < -0.39 is 6.04 Å². The molecule has 1 aliphatic heterocycles. The minimum Gasteiger partial charge on any atom is -0.493 e. The van der Waals surface area contributed by atoms with Crippen molar-refractivity contribution in [1.29, 1.82) is 0 Å². The molecule has 0 saturated carbocycles. The Labute approximate surface area is 179 Å². The van der Waals surface area contributed by atoms with Crippen molar-refractivity contribution in [3.8, 4) is 11.5 Å². The summed E-state index contributed by atoms with van der Waals surface area (Å²) in [5.74, 6) is 0.749. The number of aliphatic hydroxyl groups is 1. The van der Waals surface area contributed by atoms with E-state index in [1.54, 1.807) is 30.2 Å². The second kappa shape index (κ2) is 8.07. The van der Waals surface area contributed by atoms with Crippen molar-refractivity contribution < 1.29 is 23.8 Å². The first-order valence-corrected chi connectivity index (χ1v) is 10.1. The maximum absolute atomic E-state index is 13.6. The number of amides is 1. The zero-order valence-electron chi connectivity index (χ0n) is 18.0. The summed E-state index contributed by atoms with van der Waals surface area (Å²) < 4.78 is 16.8. The maximum Gasteiger partial charge on any atom is 0.290 e. The zero-order chi connectivity index (χ0) is 22.3. The Morgan fingerprint density at radius 3 is 2.48 bits per heavy atom. The summed E-state index contributed by atoms with van der Waals surface area (Å²) in [5, 5.41) is 9.81. The fourth-order valence-electron chi connectivity index (χ4n) is 4.32. The van der Waals surface area contributed by atoms with Crippen molar-refractivity contribution in [2.45, 2.75) is 26.3 Å². The van der Waals surface area contributed by atoms with Crippen LogP contribution in [0.4, 0.5) is 0 Å². The van der Waals surface area contributed by atoms with Crippen LogP contribution in [0, 0.1) is 13.8 Å². The van der Waals surface area contributed by atoms with Gasteiger partial charge in [-0.3, -0.25) is 9.59 Å². The molecule has 0 bridgehead atoms. The summed E-state index contributed by atoms with van der Waals surface area (Å²) in [4.78, 5) is 28.5. The summed E-state index contributed by atoms with van der Waals surface area (Å²) in [6.45, 7) is 4.00. The van der Waals surface area contributed by atoms with Crippen LogP contribution in [-0.2, 0) is 0 Å². The van der Waals surface area contributed by atoms with Gasteiger partial charge in [-0.15, -0.1) is 0 Å². The second-order valence-electron chi connectivity index (χ2n) is 7.73. The van der Waals surface area contributed by atoms with Crippen LogP contribution >= 0.6 is 0 Å². The van der Waals surface area contributed by atoms with Gasteiger partial charge in [0.1, 0.15) is 5.58 Å². The number of ether oxygens (including phenoxy) is 2. The fourth-order valence-corrected chi connectivity index (χ4v) is 4.32. The topological polar surface area (TPSA) is 89.2 Å². The minimum absolute atomic E-state index is 0.0576. The van der Waals surface area contributed by atoms with E-state index in [-0.39, 0.29) is 30.2 Å². The number of hydrogen-bond acceptors (Lipinski definition) is 6. The van der Waals surface area contributed by atoms with E-state index in [1.165, 1.54) is 7.11 Å². The predicted octanol–water partition coefficient (Wildman–Crippen LogP) is 3.35. The molecule has 3 aromatic rings. The van der Waals surface area contributed by atoms with Gasteiger partial charge in [0, 0.05) is 13.2 Å². The molecule has 31 heavy (non-hydrogen) atoms. The lowest BCUT2D eigenvalue weighted by atomic mass is 9.97. The number of carbonyl (C=O) groups is 1. The van der Waals surface area contributed by atoms with Gasteiger partial charge in [0.05, 0.1) is 31.2 Å². The number of methoxy groups -OCH3 is 2. The van der Waals surface area contributed by atoms with Crippen molar-refractivity contribution in [3.05, 3.63) is 68.6 Å². The number of aryl methyl sites for hydroxylation is 2. The third-order valence-electron chi connectivity index (χ3n) is 5.68. The Hall–Kier alpha value is -3.32. The highest BCUT2D eigenvalue weighted by molar-refractivity contribution is 5.99. The van der Waals surface area contributed by atoms with Crippen LogP contribution in [0.15, 0.2) is 39.5 Å². The van der Waals surface area contributed by atoms with Gasteiger partial charge in [0.15, 0.2) is 16.9 Å². The Morgan fingerprint density at radius 1 is 1.06 bits per heavy atom. The molecule has 0 spiro atoms. The van der Waals surface area contributed by atoms with Gasteiger partial charge in [-0.2, -0.15) is 0 Å². The van der Waals surface area contributed by atoms with Crippen LogP contribution < -0.4 is 14.9 Å². The summed E-state index contributed by atoms with van der Waals surface area (Å²) in [6, 6.07) is 8.40. The Balaban J connectivity index is 1.99. The minimum atomic E-state index is -0.643. The molecule has 2 aromatic carbocycles. The summed E-state index contributed by atoms with van der Waals surface area (Å²) in [5.41, 5.74) is 2.98. The third-order valence-corrected chi connectivity index (χ3v) is 5.68. The van der Waals surface area contributed by atoms with E-state index in [9.17, 15) is 14.7 Å². The monoisotopic (exact) mass is 423 g/mol. The summed E-state index contributed by atoms with van der Waals surface area (Å²) >= 11 is 0. The number of hydrogen-bond donors (Lipinski definition) is 1. The van der Waals surface area contributed by atoms with Crippen molar-refractivity contribution in [2.75, 3.05) is 27.4 Å². The second-order valence-corrected chi connectivity index (χ2v) is 7.73. The van der Waals surface area contributed by atoms with E-state index in [0.29, 0.717) is 40.0 Å². The summed E-state index contributed by atoms with van der Waals surface area (Å²) in [7, 11) is 3.08. The smallest absolute Gasteiger partial charge is 0.290 e. The summed E-state index contributed by atoms with van der Waals surface area (Å²) in [6.07, 6.45) is 0.384. The molecular weight excluding hydrogens is 398 g/mol. The molecule has 2 heterocycles. The van der Waals surface area contributed by atoms with E-state index in [4.69, 9.17) is 13.9 Å². The van der Waals surface area contributed by atoms with Crippen LogP contribution in [-0.4, -0.2) is 43.3 Å². The SMILES string of the molecule is COc1ccc([C@H]2c3c(oc4c(C)cc(C)cc4c3=O)C(=O)N2CCCO)cc1OC. The molecule has 162 valence electrons. The van der Waals surface area contributed by atoms with Gasteiger partial charge >= 0.3 is 0 Å². The highest BCUT2D eigenvalue weighted by Gasteiger charge is 2.42. The molecular formula is C24H25NO6. The highest BCUT2D eigenvalue weighted by atomic mass is 16.5. The van der Waals surface area contributed by atoms with Gasteiger partial charge < -0.3 is 23.9 Å². The van der Waals surface area contributed by atoms with Crippen LogP contribution in [0.3, 0.4) is 0 Å². The fraction of sp³-hybridized carbons (Fsp3) is 0.333. The van der Waals surface area contributed by atoms with Gasteiger partial charge in [-0.25, -0.2) is 0 Å². The quantitative estimate of drug-likeness (QED) is 0.654. The number of rotatable bonds is 6. The van der Waals surface area contributed by atoms with Crippen molar-refractivity contribution in [1.82, 2.24) is 4.90 Å². The van der Waals surface area contributed by atoms with E-state index in [0.717, 1.165) is 11.1 Å². The lowest BCUT2D eigenvalue weighted by Crippen LogP contribution is -2.31. The average Bonchev–Trinajstić information content (AvgIpc) is 3.04. The van der Waals surface area contributed by atoms with Crippen molar-refractivity contribution in [2.24, 2.45) is 0 Å². The van der Waals surface area contributed by atoms with Gasteiger partial charge in [-0.1, -0.05) is 12.1 Å². The lowest BCUT2D eigenvalue weighted by molar-refractivity contribution is 0.0716. The maximum atomic E-state index is 13.6. The molecule has 0 radical (unpaired) electrons. The molecule has 1 amide bonds. The standard InChI is InChI=1S/C24H25NO6/c1-13-10-14(2)22-16(11-13)21(27)19-20(15-6-7-17(29-3)18(12-15)30-4)25(8-5-9-26)24(28)23(19)31-22/h6-7,10-12,20,26H,5,8-9H2,1-4H3/t20-/m0/s1. The Kier molecular flexibility index (Phi) is 5.45. The lowest BCUT2D eigenvalue weighted by Gasteiger charge is -2.25. The first-order chi connectivity index (χ1) is 14.9. The first kappa shape index (κ1) is 20.9. The van der Waals surface area contributed by atoms with Crippen molar-refractivity contribution in [3.63, 3.8) is 0 Å². The first-order valence-electron chi connectivity index (χ1n) is 10.1. The normalized spacial score (nSPS) is 15.5. The van der Waals surface area contributed by atoms with E-state index >= 15 is 0 Å². The number of nitrogens with zero attached hydrogens (tertiary/aromatic N) is 1. The third kappa shape index (κ3) is 3.35. The van der Waals surface area contributed by atoms with E-state index in [1.807, 2.05) is 26.0 Å². The number of carbonyl (C=O) groups excluding carboxylic acids is 1. The number of fused-ring (bicyclic) bond motifs is 2. The Morgan fingerprint density at radius 2 is 1.81 bits per heavy atom. The molecule has 7 heteroatoms. The Bertz CT molecular complexity index is 1230. The number of aliphatic hydroxyl groups excluding tert-OH is 1. The van der Waals surface area contributed by atoms with Crippen molar-refractivity contribution >= 4 is 16.9 Å². The van der Waals surface area contributed by atoms with Gasteiger partial charge in [-0.05, 0) is 55.2 Å². The highest BCUT2D eigenvalue weighted by Crippen LogP contribution is 2.41. The van der Waals surface area contributed by atoms with Crippen LogP contribution in [0.5, 0.6) is 11.5 Å². The molecule has 0 unspecified atom stereocenters. The van der Waals surface area contributed by atoms with Crippen LogP contribution in [0.1, 0.15) is 45.3 Å². The molecule has 7 nitrogen and oxygen atoms in total. The average molecular weight is 423 g/mol. The molecule has 4 rings (SSSR count). The van der Waals surface area contributed by atoms with E-state index in [2.05, 4.69) is 0 Å². The largest absolute Gasteiger partial charge is 0.493 e. The molecule has 0 fully saturated rings. The molecule has 1 N–H and O–H groups in total. The van der Waals surface area contributed by atoms with Gasteiger partial charge in [0.2, 0.25) is 5.76 Å². The predicted molar refractivity (Wildman–Crippen MR) is 116 cm³/mol. The molecule has 1 atom stereocenters. The van der Waals surface area contributed by atoms with Crippen LogP contribution in [0.25, 0.3) is 11.0 Å². The van der Waals surface area contributed by atoms with Crippen LogP contribution in [0.2, 0.25) is 0 Å². The molecule has 0 aliphatic carbocycles. The number of benzene rings is 2. The molecule has 0 saturated heterocycles. The molecule has 1 aliphatic rings. The molecule has 1 aromatic heterocycles. The van der Waals surface area contributed by atoms with Gasteiger partial charge in [0.25, 0.3) is 5.91 Å². The zero-order valence-corrected chi connectivity index (χ0v) is 18.0.